The molecular weight excluding hydrogens is 266 g/mol. The van der Waals surface area contributed by atoms with E-state index >= 15 is 0 Å². The molecular formula is C12H17N3O3S. The van der Waals surface area contributed by atoms with E-state index in [0.29, 0.717) is 13.0 Å². The van der Waals surface area contributed by atoms with Crippen molar-refractivity contribution in [2.75, 3.05) is 13.6 Å². The first-order valence-corrected chi connectivity index (χ1v) is 6.93. The number of hydrogen-bond donors (Lipinski definition) is 1. The Kier molecular flexibility index (Phi) is 3.75. The van der Waals surface area contributed by atoms with Gasteiger partial charge in [0.05, 0.1) is 0 Å². The van der Waals surface area contributed by atoms with E-state index in [4.69, 9.17) is 0 Å². The normalized spacial score (nSPS) is 19.0. The molecule has 2 amide bonds. The Hall–Kier alpha value is -1.63. The fraction of sp³-hybridized carbons (Fsp3) is 0.583. The first kappa shape index (κ1) is 13.8. The van der Waals surface area contributed by atoms with Gasteiger partial charge in [-0.15, -0.1) is 0 Å². The van der Waals surface area contributed by atoms with E-state index in [1.165, 1.54) is 4.57 Å². The maximum absolute atomic E-state index is 11.9. The van der Waals surface area contributed by atoms with Gasteiger partial charge in [0.1, 0.15) is 12.6 Å². The number of aryl methyl sites for hydroxylation is 1. The van der Waals surface area contributed by atoms with Crippen LogP contribution in [0.2, 0.25) is 0 Å². The molecule has 1 aliphatic heterocycles. The van der Waals surface area contributed by atoms with Crippen molar-refractivity contribution in [1.82, 2.24) is 14.8 Å². The molecule has 1 aromatic rings. The summed E-state index contributed by atoms with van der Waals surface area (Å²) in [5.41, 5.74) is 0.806. The molecule has 0 aromatic carbocycles. The summed E-state index contributed by atoms with van der Waals surface area (Å²) in [5, 5.41) is 2.69. The lowest BCUT2D eigenvalue weighted by Crippen LogP contribution is -2.42. The van der Waals surface area contributed by atoms with Crippen LogP contribution in [0.5, 0.6) is 0 Å². The van der Waals surface area contributed by atoms with Gasteiger partial charge in [0, 0.05) is 24.2 Å². The van der Waals surface area contributed by atoms with Crippen LogP contribution in [0, 0.1) is 13.8 Å². The van der Waals surface area contributed by atoms with E-state index in [1.54, 1.807) is 11.9 Å². The highest BCUT2D eigenvalue weighted by Crippen LogP contribution is 2.10. The smallest absolute Gasteiger partial charge is 0.308 e. The van der Waals surface area contributed by atoms with Crippen molar-refractivity contribution in [3.05, 3.63) is 20.2 Å². The van der Waals surface area contributed by atoms with Crippen LogP contribution in [0.4, 0.5) is 0 Å². The van der Waals surface area contributed by atoms with E-state index in [0.717, 1.165) is 21.9 Å². The first-order chi connectivity index (χ1) is 8.90. The average molecular weight is 283 g/mol. The van der Waals surface area contributed by atoms with Crippen molar-refractivity contribution in [3.8, 4) is 0 Å². The Morgan fingerprint density at radius 1 is 1.42 bits per heavy atom. The van der Waals surface area contributed by atoms with Crippen molar-refractivity contribution >= 4 is 23.2 Å². The number of nitrogens with one attached hydrogen (secondary N) is 1. The van der Waals surface area contributed by atoms with Crippen LogP contribution in [0.1, 0.15) is 17.0 Å². The molecule has 0 saturated carbocycles. The number of aromatic nitrogens is 1. The van der Waals surface area contributed by atoms with E-state index < -0.39 is 6.04 Å². The molecule has 19 heavy (non-hydrogen) atoms. The summed E-state index contributed by atoms with van der Waals surface area (Å²) < 4.78 is 1.44. The number of hydrogen-bond acceptors (Lipinski definition) is 4. The summed E-state index contributed by atoms with van der Waals surface area (Å²) in [5.74, 6) is -0.365. The van der Waals surface area contributed by atoms with Gasteiger partial charge in [0.25, 0.3) is 0 Å². The SMILES string of the molecule is Cc1sc(=O)n(CC(=O)NC2CCN(C)C2=O)c1C. The number of carbonyl (C=O) groups excluding carboxylic acids is 2. The van der Waals surface area contributed by atoms with Crippen LogP contribution in [-0.4, -0.2) is 40.9 Å². The van der Waals surface area contributed by atoms with Crippen LogP contribution in [0.3, 0.4) is 0 Å². The van der Waals surface area contributed by atoms with Gasteiger partial charge in [-0.2, -0.15) is 0 Å². The average Bonchev–Trinajstić information content (AvgIpc) is 2.77. The highest BCUT2D eigenvalue weighted by Gasteiger charge is 2.30. The predicted octanol–water partition coefficient (Wildman–Crippen LogP) is -0.126. The molecule has 2 heterocycles. The van der Waals surface area contributed by atoms with E-state index in [9.17, 15) is 14.4 Å². The monoisotopic (exact) mass is 283 g/mol. The summed E-state index contributed by atoms with van der Waals surface area (Å²) in [7, 11) is 1.71. The van der Waals surface area contributed by atoms with Gasteiger partial charge in [0.15, 0.2) is 0 Å². The molecule has 1 atom stereocenters. The van der Waals surface area contributed by atoms with Crippen molar-refractivity contribution in [1.29, 1.82) is 0 Å². The van der Waals surface area contributed by atoms with E-state index in [2.05, 4.69) is 5.32 Å². The third kappa shape index (κ3) is 2.70. The highest BCUT2D eigenvalue weighted by molar-refractivity contribution is 7.09. The standard InChI is InChI=1S/C12H17N3O3S/c1-7-8(2)19-12(18)15(7)6-10(16)13-9-4-5-14(3)11(9)17/h9H,4-6H2,1-3H3,(H,13,16). The zero-order valence-corrected chi connectivity index (χ0v) is 12.0. The summed E-state index contributed by atoms with van der Waals surface area (Å²) >= 11 is 1.13. The minimum Gasteiger partial charge on any atom is -0.344 e. The van der Waals surface area contributed by atoms with Crippen LogP contribution in [-0.2, 0) is 16.1 Å². The van der Waals surface area contributed by atoms with Crippen molar-refractivity contribution < 1.29 is 9.59 Å². The lowest BCUT2D eigenvalue weighted by atomic mass is 10.2. The molecule has 1 saturated heterocycles. The number of thiazole rings is 1. The molecule has 1 unspecified atom stereocenters. The Balaban J connectivity index is 2.02. The Morgan fingerprint density at radius 3 is 2.58 bits per heavy atom. The molecule has 1 aromatic heterocycles. The van der Waals surface area contributed by atoms with Gasteiger partial charge in [-0.1, -0.05) is 11.3 Å². The summed E-state index contributed by atoms with van der Waals surface area (Å²) in [6.45, 7) is 4.29. The van der Waals surface area contributed by atoms with Crippen molar-refractivity contribution in [3.63, 3.8) is 0 Å². The van der Waals surface area contributed by atoms with Crippen LogP contribution in [0.15, 0.2) is 4.79 Å². The topological polar surface area (TPSA) is 71.4 Å². The molecule has 0 radical (unpaired) electrons. The third-order valence-corrected chi connectivity index (χ3v) is 4.44. The molecule has 1 fully saturated rings. The first-order valence-electron chi connectivity index (χ1n) is 6.11. The van der Waals surface area contributed by atoms with Crippen LogP contribution >= 0.6 is 11.3 Å². The Bertz CT molecular complexity index is 575. The highest BCUT2D eigenvalue weighted by atomic mass is 32.1. The molecule has 1 N–H and O–H groups in total. The molecule has 6 nitrogen and oxygen atoms in total. The van der Waals surface area contributed by atoms with Crippen molar-refractivity contribution in [2.45, 2.75) is 32.9 Å². The quantitative estimate of drug-likeness (QED) is 0.840. The second-order valence-corrected chi connectivity index (χ2v) is 5.93. The molecule has 104 valence electrons. The summed E-state index contributed by atoms with van der Waals surface area (Å²) in [6, 6.07) is -0.451. The number of likely N-dealkylation sites (N-methyl/N-ethyl adjacent to an activating group) is 1. The van der Waals surface area contributed by atoms with Gasteiger partial charge in [0.2, 0.25) is 11.8 Å². The Labute approximate surface area is 115 Å². The maximum atomic E-state index is 11.9. The third-order valence-electron chi connectivity index (χ3n) is 3.44. The predicted molar refractivity (Wildman–Crippen MR) is 72.2 cm³/mol. The van der Waals surface area contributed by atoms with Crippen molar-refractivity contribution in [2.24, 2.45) is 0 Å². The van der Waals surface area contributed by atoms with Crippen LogP contribution < -0.4 is 10.2 Å². The second-order valence-electron chi connectivity index (χ2n) is 4.76. The number of amides is 2. The fourth-order valence-corrected chi connectivity index (χ4v) is 2.94. The van der Waals surface area contributed by atoms with E-state index in [1.807, 2.05) is 13.8 Å². The van der Waals surface area contributed by atoms with Gasteiger partial charge >= 0.3 is 4.87 Å². The summed E-state index contributed by atoms with van der Waals surface area (Å²) in [6.07, 6.45) is 0.623. The summed E-state index contributed by atoms with van der Waals surface area (Å²) in [4.78, 5) is 37.6. The molecule has 0 aliphatic carbocycles. The zero-order valence-electron chi connectivity index (χ0n) is 11.2. The lowest BCUT2D eigenvalue weighted by Gasteiger charge is -2.12. The van der Waals surface area contributed by atoms with Gasteiger partial charge < -0.3 is 10.2 Å². The minimum atomic E-state index is -0.451. The molecule has 7 heteroatoms. The van der Waals surface area contributed by atoms with E-state index in [-0.39, 0.29) is 23.2 Å². The van der Waals surface area contributed by atoms with Crippen LogP contribution in [0.25, 0.3) is 0 Å². The molecule has 0 spiro atoms. The largest absolute Gasteiger partial charge is 0.344 e. The van der Waals surface area contributed by atoms with Gasteiger partial charge in [-0.05, 0) is 20.3 Å². The zero-order chi connectivity index (χ0) is 14.2. The maximum Gasteiger partial charge on any atom is 0.308 e. The number of likely N-dealkylation sites (tertiary alicyclic amines) is 1. The van der Waals surface area contributed by atoms with Gasteiger partial charge in [-0.25, -0.2) is 0 Å². The minimum absolute atomic E-state index is 0.0253. The molecule has 0 bridgehead atoms. The number of rotatable bonds is 3. The number of nitrogens with zero attached hydrogens (tertiary/aromatic N) is 2. The second kappa shape index (κ2) is 5.16. The molecule has 1 aliphatic rings. The fourth-order valence-electron chi connectivity index (χ4n) is 2.11. The Morgan fingerprint density at radius 2 is 2.11 bits per heavy atom. The van der Waals surface area contributed by atoms with Gasteiger partial charge in [-0.3, -0.25) is 19.0 Å². The lowest BCUT2D eigenvalue weighted by molar-refractivity contribution is -0.132. The number of carbonyl (C=O) groups is 2. The molecule has 2 rings (SSSR count).